The molecule has 3 aromatic rings. The van der Waals surface area contributed by atoms with Gasteiger partial charge in [0.15, 0.2) is 0 Å². The molecule has 3 nitrogen and oxygen atoms in total. The number of aliphatic hydroxyl groups is 2. The molecule has 8 atom stereocenters. The first-order chi connectivity index (χ1) is 17.9. The van der Waals surface area contributed by atoms with Crippen LogP contribution in [-0.4, -0.2) is 27.4 Å². The fourth-order valence-corrected chi connectivity index (χ4v) is 6.85. The molecule has 0 bridgehead atoms. The van der Waals surface area contributed by atoms with Gasteiger partial charge in [-0.3, -0.25) is 0 Å². The van der Waals surface area contributed by atoms with E-state index < -0.39 is 0 Å². The van der Waals surface area contributed by atoms with E-state index in [0.29, 0.717) is 29.6 Å². The molecule has 2 fully saturated rings. The Balaban J connectivity index is 0.000000211. The molecule has 0 saturated heterocycles. The minimum Gasteiger partial charge on any atom is -0.392 e. The Morgan fingerprint density at radius 1 is 0.842 bits per heavy atom. The van der Waals surface area contributed by atoms with Crippen molar-refractivity contribution in [1.29, 1.82) is 0 Å². The molecule has 2 aliphatic rings. The Bertz CT molecular complexity index is 1110. The molecule has 38 heavy (non-hydrogen) atoms. The topological polar surface area (TPSA) is 53.4 Å². The van der Waals surface area contributed by atoms with Crippen molar-refractivity contribution in [2.75, 3.05) is 0 Å². The minimum atomic E-state index is -0.297. The van der Waals surface area contributed by atoms with E-state index in [1.807, 2.05) is 42.6 Å². The van der Waals surface area contributed by atoms with Crippen LogP contribution in [0, 0.1) is 41.6 Å². The first-order valence-electron chi connectivity index (χ1n) is 14.6. The van der Waals surface area contributed by atoms with Crippen LogP contribution in [0.15, 0.2) is 60.8 Å². The van der Waals surface area contributed by atoms with E-state index in [-0.39, 0.29) is 38.2 Å². The van der Waals surface area contributed by atoms with Gasteiger partial charge >= 0.3 is 0 Å². The Hall–Kier alpha value is -1.58. The predicted octanol–water partition coefficient (Wildman–Crippen LogP) is 7.94. The second kappa shape index (κ2) is 14.7. The average Bonchev–Trinajstić information content (AvgIpc) is 3.12. The molecule has 2 aromatic carbocycles. The summed E-state index contributed by atoms with van der Waals surface area (Å²) in [6.45, 7) is 8.98. The largest absolute Gasteiger partial charge is 0.392 e. The van der Waals surface area contributed by atoms with E-state index >= 15 is 0 Å². The van der Waals surface area contributed by atoms with Gasteiger partial charge < -0.3 is 15.2 Å². The Morgan fingerprint density at radius 3 is 2.11 bits per heavy atom. The van der Waals surface area contributed by atoms with Gasteiger partial charge in [-0.2, -0.15) is 0 Å². The zero-order valence-corrected chi connectivity index (χ0v) is 25.9. The summed E-state index contributed by atoms with van der Waals surface area (Å²) in [5.41, 5.74) is 2.01. The second-order valence-electron chi connectivity index (χ2n) is 11.6. The van der Waals surface area contributed by atoms with Crippen molar-refractivity contribution in [1.82, 2.24) is 4.98 Å². The number of rotatable bonds is 5. The number of aromatic nitrogens is 1. The molecule has 2 aliphatic carbocycles. The summed E-state index contributed by atoms with van der Waals surface area (Å²) >= 11 is 0. The molecular formula is C34H46IrNO2-. The molecule has 1 aromatic heterocycles. The van der Waals surface area contributed by atoms with Crippen LogP contribution in [0.2, 0.25) is 0 Å². The summed E-state index contributed by atoms with van der Waals surface area (Å²) in [6.07, 6.45) is 9.52. The number of hydrogen-bond donors (Lipinski definition) is 2. The third-order valence-corrected chi connectivity index (χ3v) is 9.56. The van der Waals surface area contributed by atoms with E-state index in [1.165, 1.54) is 30.0 Å². The molecule has 1 radical (unpaired) electrons. The summed E-state index contributed by atoms with van der Waals surface area (Å²) < 4.78 is 0. The molecule has 2 N–H and O–H groups in total. The summed E-state index contributed by atoms with van der Waals surface area (Å²) in [7, 11) is 0. The van der Waals surface area contributed by atoms with Gasteiger partial charge in [-0.05, 0) is 71.7 Å². The fourth-order valence-electron chi connectivity index (χ4n) is 6.85. The van der Waals surface area contributed by atoms with Gasteiger partial charge in [0, 0.05) is 32.2 Å². The van der Waals surface area contributed by atoms with Crippen LogP contribution in [0.25, 0.3) is 22.0 Å². The first-order valence-corrected chi connectivity index (χ1v) is 14.6. The molecule has 5 rings (SSSR count). The van der Waals surface area contributed by atoms with E-state index in [1.54, 1.807) is 0 Å². The van der Waals surface area contributed by atoms with Crippen molar-refractivity contribution in [2.24, 2.45) is 35.5 Å². The van der Waals surface area contributed by atoms with Gasteiger partial charge in [0.05, 0.1) is 12.2 Å². The molecule has 0 amide bonds. The van der Waals surface area contributed by atoms with Gasteiger partial charge in [0.2, 0.25) is 0 Å². The van der Waals surface area contributed by atoms with Crippen molar-refractivity contribution in [3.05, 3.63) is 66.9 Å². The maximum absolute atomic E-state index is 11.0. The van der Waals surface area contributed by atoms with E-state index in [9.17, 15) is 10.2 Å². The summed E-state index contributed by atoms with van der Waals surface area (Å²) in [5, 5.41) is 24.4. The SMILES string of the molecule is CCC(C)[C@H]1CCCC2CC[C@H](C(C)CC)C(O)C2C1O.[Ir].[c-]1ccccc1-c1cc2ccccc2cn1. The molecule has 6 unspecified atom stereocenters. The summed E-state index contributed by atoms with van der Waals surface area (Å²) in [5.74, 6) is 2.58. The van der Waals surface area contributed by atoms with Crippen LogP contribution in [0.5, 0.6) is 0 Å². The maximum Gasteiger partial charge on any atom is 0.0626 e. The fraction of sp³-hybridized carbons (Fsp3) is 0.559. The number of nitrogens with zero attached hydrogens (tertiary/aromatic N) is 1. The number of pyridine rings is 1. The first kappa shape index (κ1) is 31.0. The standard InChI is InChI=1S/C19H36O2.C15H10N.Ir/c1-5-12(3)15-9-7-8-14-10-11-16(13(4)6-2)19(21)17(14)18(15)20;1-2-6-12(7-3-1)15-10-13-8-4-5-9-14(13)11-16-15;/h12-21H,5-11H2,1-4H3;1-6,8-11H;/q;-1;/t12?,13?,14?,15-,16-,17?,18?,19?;;/m1../s1. The molecule has 0 spiro atoms. The summed E-state index contributed by atoms with van der Waals surface area (Å²) in [6, 6.07) is 21.4. The third-order valence-electron chi connectivity index (χ3n) is 9.56. The quantitative estimate of drug-likeness (QED) is 0.267. The van der Waals surface area contributed by atoms with Crippen LogP contribution in [0.3, 0.4) is 0 Å². The Kier molecular flexibility index (Phi) is 12.0. The van der Waals surface area contributed by atoms with Crippen molar-refractivity contribution in [3.63, 3.8) is 0 Å². The van der Waals surface area contributed by atoms with E-state index in [4.69, 9.17) is 0 Å². The molecule has 4 heteroatoms. The van der Waals surface area contributed by atoms with Gasteiger partial charge in [0.25, 0.3) is 0 Å². The van der Waals surface area contributed by atoms with Crippen LogP contribution in [0.1, 0.15) is 72.6 Å². The zero-order chi connectivity index (χ0) is 26.4. The van der Waals surface area contributed by atoms with Crippen molar-refractivity contribution < 1.29 is 30.3 Å². The normalized spacial score (nSPS) is 28.6. The smallest absolute Gasteiger partial charge is 0.0626 e. The van der Waals surface area contributed by atoms with Crippen LogP contribution >= 0.6 is 0 Å². The maximum atomic E-state index is 11.0. The second-order valence-corrected chi connectivity index (χ2v) is 11.6. The Labute approximate surface area is 243 Å². The van der Waals surface area contributed by atoms with Gasteiger partial charge in [-0.1, -0.05) is 77.3 Å². The average molecular weight is 693 g/mol. The van der Waals surface area contributed by atoms with Crippen LogP contribution < -0.4 is 0 Å². The number of aliphatic hydroxyl groups excluding tert-OH is 2. The molecule has 0 aliphatic heterocycles. The molecular weight excluding hydrogens is 647 g/mol. The van der Waals surface area contributed by atoms with Gasteiger partial charge in [0.1, 0.15) is 0 Å². The van der Waals surface area contributed by atoms with Crippen LogP contribution in [-0.2, 0) is 20.1 Å². The summed E-state index contributed by atoms with van der Waals surface area (Å²) in [4.78, 5) is 4.45. The minimum absolute atomic E-state index is 0. The molecule has 2 saturated carbocycles. The van der Waals surface area contributed by atoms with Crippen molar-refractivity contribution in [3.8, 4) is 11.3 Å². The van der Waals surface area contributed by atoms with Gasteiger partial charge in [-0.15, -0.1) is 35.9 Å². The number of benzene rings is 2. The van der Waals surface area contributed by atoms with Crippen molar-refractivity contribution >= 4 is 10.8 Å². The monoisotopic (exact) mass is 693 g/mol. The Morgan fingerprint density at radius 2 is 1.47 bits per heavy atom. The molecule has 209 valence electrons. The zero-order valence-electron chi connectivity index (χ0n) is 23.5. The third kappa shape index (κ3) is 7.13. The van der Waals surface area contributed by atoms with Crippen LogP contribution in [0.4, 0.5) is 0 Å². The number of hydrogen-bond acceptors (Lipinski definition) is 3. The van der Waals surface area contributed by atoms with E-state index in [2.05, 4.69) is 56.9 Å². The van der Waals surface area contributed by atoms with E-state index in [0.717, 1.165) is 36.9 Å². The predicted molar refractivity (Wildman–Crippen MR) is 154 cm³/mol. The van der Waals surface area contributed by atoms with Gasteiger partial charge in [-0.25, -0.2) is 0 Å². The van der Waals surface area contributed by atoms with Crippen molar-refractivity contribution in [2.45, 2.75) is 84.8 Å². The number of fused-ring (bicyclic) bond motifs is 2. The molecule has 1 heterocycles.